The Kier molecular flexibility index (Phi) is 5.13. The third-order valence-electron chi connectivity index (χ3n) is 7.02. The van der Waals surface area contributed by atoms with Crippen molar-refractivity contribution in [2.24, 2.45) is 0 Å². The van der Waals surface area contributed by atoms with Gasteiger partial charge in [-0.05, 0) is 86.2 Å². The van der Waals surface area contributed by atoms with Crippen molar-refractivity contribution in [3.8, 4) is 11.1 Å². The van der Waals surface area contributed by atoms with Crippen LogP contribution in [0.2, 0.25) is 0 Å². The van der Waals surface area contributed by atoms with E-state index in [9.17, 15) is 0 Å². The van der Waals surface area contributed by atoms with Crippen LogP contribution in [0.1, 0.15) is 46.1 Å². The molecule has 0 spiro atoms. The third-order valence-corrected chi connectivity index (χ3v) is 7.02. The second kappa shape index (κ2) is 8.00. The first-order valence-corrected chi connectivity index (χ1v) is 11.4. The van der Waals surface area contributed by atoms with E-state index in [0.717, 1.165) is 16.9 Å². The molecule has 5 rings (SSSR count). The monoisotopic (exact) mass is 431 g/mol. The standard InChI is InChI=1S/C30H29N3/c1-19-15-26(30(5,25-13-14-31-17-25)24-12-11-20(2)32-18-24)16-27-21(3)28(22(4)33-29(19)27)23-9-7-6-8-10-23/h6-18,31H,1-5H3. The fraction of sp³-hybridized carbons (Fsp3) is 0.200. The van der Waals surface area contributed by atoms with E-state index in [1.54, 1.807) is 0 Å². The van der Waals surface area contributed by atoms with E-state index in [1.165, 1.54) is 44.3 Å². The van der Waals surface area contributed by atoms with E-state index in [2.05, 4.69) is 105 Å². The largest absolute Gasteiger partial charge is 0.367 e. The predicted molar refractivity (Wildman–Crippen MR) is 137 cm³/mol. The fourth-order valence-corrected chi connectivity index (χ4v) is 5.06. The summed E-state index contributed by atoms with van der Waals surface area (Å²) in [7, 11) is 0. The summed E-state index contributed by atoms with van der Waals surface area (Å²) in [6.07, 6.45) is 6.10. The zero-order valence-corrected chi connectivity index (χ0v) is 19.9. The van der Waals surface area contributed by atoms with Crippen LogP contribution in [0.4, 0.5) is 0 Å². The van der Waals surface area contributed by atoms with Crippen molar-refractivity contribution in [2.75, 3.05) is 0 Å². The van der Waals surface area contributed by atoms with Crippen molar-refractivity contribution < 1.29 is 0 Å². The normalized spacial score (nSPS) is 13.2. The number of fused-ring (bicyclic) bond motifs is 1. The summed E-state index contributed by atoms with van der Waals surface area (Å²) in [5, 5.41) is 1.20. The second-order valence-corrected chi connectivity index (χ2v) is 9.17. The Morgan fingerprint density at radius 3 is 2.27 bits per heavy atom. The lowest BCUT2D eigenvalue weighted by Crippen LogP contribution is -2.25. The van der Waals surface area contributed by atoms with Gasteiger partial charge < -0.3 is 4.98 Å². The fourth-order valence-electron chi connectivity index (χ4n) is 5.06. The summed E-state index contributed by atoms with van der Waals surface area (Å²) in [6.45, 7) is 10.8. The first-order chi connectivity index (χ1) is 15.9. The van der Waals surface area contributed by atoms with Gasteiger partial charge in [0.05, 0.1) is 5.52 Å². The lowest BCUT2D eigenvalue weighted by Gasteiger charge is -2.31. The molecule has 0 aliphatic carbocycles. The predicted octanol–water partition coefficient (Wildman–Crippen LogP) is 7.21. The van der Waals surface area contributed by atoms with Gasteiger partial charge in [-0.3, -0.25) is 9.97 Å². The van der Waals surface area contributed by atoms with Crippen LogP contribution in [0.15, 0.2) is 79.3 Å². The Morgan fingerprint density at radius 2 is 1.61 bits per heavy atom. The number of pyridine rings is 2. The molecule has 1 atom stereocenters. The lowest BCUT2D eigenvalue weighted by atomic mass is 9.71. The van der Waals surface area contributed by atoms with Crippen molar-refractivity contribution in [3.05, 3.63) is 118 Å². The van der Waals surface area contributed by atoms with Crippen LogP contribution in [-0.4, -0.2) is 15.0 Å². The van der Waals surface area contributed by atoms with Crippen molar-refractivity contribution in [1.29, 1.82) is 0 Å². The maximum atomic E-state index is 5.06. The zero-order valence-electron chi connectivity index (χ0n) is 19.9. The Bertz CT molecular complexity index is 1430. The highest BCUT2D eigenvalue weighted by atomic mass is 14.7. The van der Waals surface area contributed by atoms with Gasteiger partial charge in [0.2, 0.25) is 0 Å². The molecule has 1 unspecified atom stereocenters. The van der Waals surface area contributed by atoms with Gasteiger partial charge in [-0.25, -0.2) is 0 Å². The molecule has 0 radical (unpaired) electrons. The number of benzene rings is 2. The quantitative estimate of drug-likeness (QED) is 0.326. The molecule has 3 nitrogen and oxygen atoms in total. The maximum absolute atomic E-state index is 5.06. The number of H-pyrrole nitrogens is 1. The zero-order chi connectivity index (χ0) is 23.2. The molecule has 0 aliphatic heterocycles. The number of rotatable bonds is 4. The molecular weight excluding hydrogens is 402 g/mol. The number of aromatic amines is 1. The van der Waals surface area contributed by atoms with Gasteiger partial charge in [0.1, 0.15) is 0 Å². The van der Waals surface area contributed by atoms with E-state index in [-0.39, 0.29) is 5.41 Å². The molecule has 164 valence electrons. The third kappa shape index (κ3) is 3.45. The second-order valence-electron chi connectivity index (χ2n) is 9.17. The minimum atomic E-state index is -0.343. The van der Waals surface area contributed by atoms with Gasteiger partial charge in [-0.2, -0.15) is 0 Å². The molecule has 3 aromatic heterocycles. The van der Waals surface area contributed by atoms with Crippen LogP contribution in [0.25, 0.3) is 22.0 Å². The van der Waals surface area contributed by atoms with Crippen LogP contribution in [-0.2, 0) is 5.41 Å². The van der Waals surface area contributed by atoms with E-state index < -0.39 is 0 Å². The molecule has 1 N–H and O–H groups in total. The number of aromatic nitrogens is 3. The summed E-state index contributed by atoms with van der Waals surface area (Å²) in [5.41, 5.74) is 11.3. The van der Waals surface area contributed by atoms with E-state index in [4.69, 9.17) is 4.98 Å². The van der Waals surface area contributed by atoms with Crippen molar-refractivity contribution in [3.63, 3.8) is 0 Å². The highest BCUT2D eigenvalue weighted by Gasteiger charge is 2.33. The van der Waals surface area contributed by atoms with Crippen molar-refractivity contribution >= 4 is 10.9 Å². The number of hydrogen-bond donors (Lipinski definition) is 1. The molecule has 0 amide bonds. The molecule has 0 saturated heterocycles. The average Bonchev–Trinajstić information content (AvgIpc) is 3.36. The van der Waals surface area contributed by atoms with Crippen LogP contribution in [0.5, 0.6) is 0 Å². The van der Waals surface area contributed by atoms with Crippen LogP contribution in [0.3, 0.4) is 0 Å². The smallest absolute Gasteiger partial charge is 0.0737 e. The Balaban J connectivity index is 1.81. The Morgan fingerprint density at radius 1 is 0.818 bits per heavy atom. The molecule has 2 aromatic carbocycles. The lowest BCUT2D eigenvalue weighted by molar-refractivity contribution is 0.689. The maximum Gasteiger partial charge on any atom is 0.0737 e. The highest BCUT2D eigenvalue weighted by molar-refractivity contribution is 5.92. The van der Waals surface area contributed by atoms with Crippen LogP contribution < -0.4 is 0 Å². The van der Waals surface area contributed by atoms with Gasteiger partial charge in [0, 0.05) is 46.3 Å². The molecule has 0 bridgehead atoms. The first kappa shape index (κ1) is 21.1. The molecule has 0 saturated carbocycles. The Hall–Kier alpha value is -3.72. The van der Waals surface area contributed by atoms with E-state index >= 15 is 0 Å². The summed E-state index contributed by atoms with van der Waals surface area (Å²) in [6, 6.07) is 21.7. The van der Waals surface area contributed by atoms with Gasteiger partial charge in [0.25, 0.3) is 0 Å². The molecule has 3 heterocycles. The molecule has 33 heavy (non-hydrogen) atoms. The molecule has 0 fully saturated rings. The van der Waals surface area contributed by atoms with E-state index in [0.29, 0.717) is 0 Å². The molecule has 3 heteroatoms. The summed E-state index contributed by atoms with van der Waals surface area (Å²) < 4.78 is 0. The summed E-state index contributed by atoms with van der Waals surface area (Å²) in [5.74, 6) is 0. The highest BCUT2D eigenvalue weighted by Crippen LogP contribution is 2.41. The van der Waals surface area contributed by atoms with Gasteiger partial charge in [-0.1, -0.05) is 42.5 Å². The minimum Gasteiger partial charge on any atom is -0.367 e. The minimum absolute atomic E-state index is 0.343. The number of aryl methyl sites for hydroxylation is 4. The molecule has 5 aromatic rings. The van der Waals surface area contributed by atoms with Gasteiger partial charge in [-0.15, -0.1) is 0 Å². The summed E-state index contributed by atoms with van der Waals surface area (Å²) >= 11 is 0. The topological polar surface area (TPSA) is 41.6 Å². The summed E-state index contributed by atoms with van der Waals surface area (Å²) in [4.78, 5) is 12.9. The SMILES string of the molecule is Cc1ccc(C(C)(c2cc[nH]c2)c2cc(C)c3nc(C)c(-c4ccccc4)c(C)c3c2)cn1. The Labute approximate surface area is 195 Å². The number of hydrogen-bond acceptors (Lipinski definition) is 2. The molecule has 0 aliphatic rings. The van der Waals surface area contributed by atoms with Crippen molar-refractivity contribution in [2.45, 2.75) is 40.0 Å². The van der Waals surface area contributed by atoms with Crippen LogP contribution in [0, 0.1) is 27.7 Å². The number of nitrogens with zero attached hydrogens (tertiary/aromatic N) is 2. The molecular formula is C30H29N3. The van der Waals surface area contributed by atoms with E-state index in [1.807, 2.05) is 19.3 Å². The van der Waals surface area contributed by atoms with Crippen molar-refractivity contribution in [1.82, 2.24) is 15.0 Å². The van der Waals surface area contributed by atoms with Crippen LogP contribution >= 0.6 is 0 Å². The van der Waals surface area contributed by atoms with Gasteiger partial charge in [0.15, 0.2) is 0 Å². The number of nitrogens with one attached hydrogen (secondary N) is 1. The first-order valence-electron chi connectivity index (χ1n) is 11.4. The van der Waals surface area contributed by atoms with Gasteiger partial charge >= 0.3 is 0 Å². The average molecular weight is 432 g/mol.